The molecular weight excluding hydrogens is 862 g/mol. The number of aryl methyl sites for hydroxylation is 5. The van der Waals surface area contributed by atoms with Crippen molar-refractivity contribution in [2.45, 2.75) is 34.6 Å². The first kappa shape index (κ1) is 41.2. The van der Waals surface area contributed by atoms with Crippen LogP contribution >= 0.6 is 11.3 Å². The van der Waals surface area contributed by atoms with Gasteiger partial charge in [-0.15, -0.1) is 11.3 Å². The highest BCUT2D eigenvalue weighted by atomic mass is 32.1. The lowest BCUT2D eigenvalue weighted by atomic mass is 9.20. The van der Waals surface area contributed by atoms with E-state index in [9.17, 15) is 0 Å². The third kappa shape index (κ3) is 6.07. The Morgan fingerprint density at radius 2 is 0.771 bits per heavy atom. The molecule has 330 valence electrons. The molecule has 0 atom stereocenters. The highest BCUT2D eigenvalue weighted by molar-refractivity contribution is 7.25. The molecule has 0 N–H and O–H groups in total. The predicted octanol–water partition coefficient (Wildman–Crippen LogP) is 12.8. The zero-order valence-electron chi connectivity index (χ0n) is 40.0. The molecule has 0 fully saturated rings. The third-order valence-electron chi connectivity index (χ3n) is 15.7. The lowest BCUT2D eigenvalue weighted by Crippen LogP contribution is -2.75. The molecule has 10 aromatic carbocycles. The first-order chi connectivity index (χ1) is 34.3. The topological polar surface area (TPSA) is 9.86 Å². The molecule has 0 aliphatic carbocycles. The lowest BCUT2D eigenvalue weighted by molar-refractivity contribution is 1.17. The molecule has 0 unspecified atom stereocenters. The summed E-state index contributed by atoms with van der Waals surface area (Å²) in [7, 11) is 0. The quantitative estimate of drug-likeness (QED) is 0.152. The van der Waals surface area contributed by atoms with Crippen molar-refractivity contribution in [1.29, 1.82) is 0 Å². The Kier molecular flexibility index (Phi) is 9.16. The van der Waals surface area contributed by atoms with E-state index >= 15 is 0 Å². The van der Waals surface area contributed by atoms with E-state index in [2.05, 4.69) is 244 Å². The standard InChI is InChI=1S/C65H48B2N2S/c1-39-32-40(2)64(41(3)33-39)67-55-21-11-10-20-54(55)66(65-42(4)34-45(35-43(65)5)44-26-31-63-53(36-44)51-19-9-15-25-62(51)70-63)56-29-27-47(38-57(56)67)69-60-24-14-8-18-50(60)52-37-46(28-30-61(52)69)68-58-22-12-6-16-48(58)49-17-7-13-23-59(49)68/h6-38H,1-5H3. The molecule has 14 rings (SSSR count). The SMILES string of the molecule is Cc1cc(C)c(B2c3ccccc3B(c3c(C)cc(-c4ccc5sc6ccccc6c5c4)cc3C)c3ccc(-n4c5ccccc5c5cc(-n6c7ccccc7c7ccccc76)ccc54)cc32)c(C)c1. The Morgan fingerprint density at radius 3 is 1.40 bits per heavy atom. The van der Waals surface area contributed by atoms with Crippen LogP contribution in [0, 0.1) is 34.6 Å². The van der Waals surface area contributed by atoms with Gasteiger partial charge in [0.2, 0.25) is 13.4 Å². The van der Waals surface area contributed by atoms with Crippen LogP contribution in [0.4, 0.5) is 0 Å². The van der Waals surface area contributed by atoms with Crippen LogP contribution < -0.4 is 32.8 Å². The van der Waals surface area contributed by atoms with Crippen molar-refractivity contribution in [3.05, 3.63) is 228 Å². The van der Waals surface area contributed by atoms with Crippen molar-refractivity contribution in [2.75, 3.05) is 0 Å². The van der Waals surface area contributed by atoms with Gasteiger partial charge in [0, 0.05) is 53.1 Å². The predicted molar refractivity (Wildman–Crippen MR) is 306 cm³/mol. The van der Waals surface area contributed by atoms with Gasteiger partial charge in [-0.25, -0.2) is 0 Å². The maximum Gasteiger partial charge on any atom is 0.240 e. The molecule has 3 aromatic heterocycles. The Balaban J connectivity index is 0.975. The second-order valence-electron chi connectivity index (χ2n) is 19.9. The summed E-state index contributed by atoms with van der Waals surface area (Å²) >= 11 is 1.88. The average molecular weight is 911 g/mol. The number of fused-ring (bicyclic) bond motifs is 11. The van der Waals surface area contributed by atoms with Crippen LogP contribution in [-0.4, -0.2) is 22.6 Å². The third-order valence-corrected chi connectivity index (χ3v) is 16.8. The molecule has 0 radical (unpaired) electrons. The van der Waals surface area contributed by atoms with Crippen molar-refractivity contribution in [2.24, 2.45) is 0 Å². The summed E-state index contributed by atoms with van der Waals surface area (Å²) < 4.78 is 7.63. The largest absolute Gasteiger partial charge is 0.309 e. The second-order valence-corrected chi connectivity index (χ2v) is 21.0. The summed E-state index contributed by atoms with van der Waals surface area (Å²) in [5.41, 5.74) is 24.7. The number of hydrogen-bond donors (Lipinski definition) is 0. The van der Waals surface area contributed by atoms with Gasteiger partial charge in [0.1, 0.15) is 0 Å². The fourth-order valence-corrected chi connectivity index (χ4v) is 14.0. The van der Waals surface area contributed by atoms with E-state index in [1.54, 1.807) is 0 Å². The minimum Gasteiger partial charge on any atom is -0.309 e. The Morgan fingerprint density at radius 1 is 0.314 bits per heavy atom. The van der Waals surface area contributed by atoms with Crippen molar-refractivity contribution in [3.8, 4) is 22.5 Å². The van der Waals surface area contributed by atoms with E-state index in [1.165, 1.54) is 147 Å². The van der Waals surface area contributed by atoms with E-state index < -0.39 is 0 Å². The number of para-hydroxylation sites is 3. The van der Waals surface area contributed by atoms with Crippen molar-refractivity contribution < 1.29 is 0 Å². The van der Waals surface area contributed by atoms with Crippen LogP contribution in [0.15, 0.2) is 200 Å². The summed E-state index contributed by atoms with van der Waals surface area (Å²) in [6.07, 6.45) is 0. The summed E-state index contributed by atoms with van der Waals surface area (Å²) in [5.74, 6) is 0. The molecule has 0 spiro atoms. The van der Waals surface area contributed by atoms with Crippen LogP contribution in [0.25, 0.3) is 86.3 Å². The van der Waals surface area contributed by atoms with Crippen LogP contribution in [0.5, 0.6) is 0 Å². The zero-order valence-corrected chi connectivity index (χ0v) is 40.8. The minimum atomic E-state index is 0.0602. The van der Waals surface area contributed by atoms with Crippen molar-refractivity contribution in [3.63, 3.8) is 0 Å². The molecule has 0 amide bonds. The summed E-state index contributed by atoms with van der Waals surface area (Å²) in [4.78, 5) is 0. The molecule has 1 aliphatic heterocycles. The van der Waals surface area contributed by atoms with Gasteiger partial charge in [-0.1, -0.05) is 194 Å². The van der Waals surface area contributed by atoms with E-state index in [1.807, 2.05) is 11.3 Å². The van der Waals surface area contributed by atoms with Crippen LogP contribution in [0.3, 0.4) is 0 Å². The first-order valence-corrected chi connectivity index (χ1v) is 25.5. The molecule has 2 nitrogen and oxygen atoms in total. The van der Waals surface area contributed by atoms with Gasteiger partial charge < -0.3 is 9.13 Å². The fourth-order valence-electron chi connectivity index (χ4n) is 12.9. The number of thiophene rings is 1. The van der Waals surface area contributed by atoms with Crippen LogP contribution in [0.2, 0.25) is 0 Å². The van der Waals surface area contributed by atoms with Crippen molar-refractivity contribution >= 4 is 121 Å². The van der Waals surface area contributed by atoms with Gasteiger partial charge in [0.15, 0.2) is 0 Å². The smallest absolute Gasteiger partial charge is 0.240 e. The molecule has 13 aromatic rings. The van der Waals surface area contributed by atoms with Gasteiger partial charge in [-0.05, 0) is 112 Å². The van der Waals surface area contributed by atoms with E-state index in [0.717, 1.165) is 0 Å². The highest BCUT2D eigenvalue weighted by Gasteiger charge is 2.41. The van der Waals surface area contributed by atoms with Crippen LogP contribution in [0.1, 0.15) is 27.8 Å². The monoisotopic (exact) mass is 910 g/mol. The number of nitrogens with zero attached hydrogens (tertiary/aromatic N) is 2. The molecule has 0 saturated heterocycles. The van der Waals surface area contributed by atoms with E-state index in [0.29, 0.717) is 0 Å². The minimum absolute atomic E-state index is 0.0602. The zero-order chi connectivity index (χ0) is 46.9. The second kappa shape index (κ2) is 15.6. The average Bonchev–Trinajstić information content (AvgIpc) is 4.03. The Bertz CT molecular complexity index is 4240. The summed E-state index contributed by atoms with van der Waals surface area (Å²) in [5, 5.41) is 7.71. The number of benzene rings is 10. The molecular formula is C65H48B2N2S. The van der Waals surface area contributed by atoms with Crippen molar-refractivity contribution in [1.82, 2.24) is 9.13 Å². The van der Waals surface area contributed by atoms with Gasteiger partial charge in [-0.2, -0.15) is 0 Å². The molecule has 70 heavy (non-hydrogen) atoms. The van der Waals surface area contributed by atoms with E-state index in [-0.39, 0.29) is 13.4 Å². The summed E-state index contributed by atoms with van der Waals surface area (Å²) in [6, 6.07) is 75.9. The molecule has 1 aliphatic rings. The van der Waals surface area contributed by atoms with Gasteiger partial charge in [0.25, 0.3) is 0 Å². The van der Waals surface area contributed by atoms with Gasteiger partial charge >= 0.3 is 0 Å². The number of hydrogen-bond acceptors (Lipinski definition) is 1. The van der Waals surface area contributed by atoms with Crippen LogP contribution in [-0.2, 0) is 0 Å². The highest BCUT2D eigenvalue weighted by Crippen LogP contribution is 2.39. The van der Waals surface area contributed by atoms with Gasteiger partial charge in [0.05, 0.1) is 22.1 Å². The molecule has 0 bridgehead atoms. The molecule has 4 heterocycles. The van der Waals surface area contributed by atoms with Gasteiger partial charge in [-0.3, -0.25) is 0 Å². The fraction of sp³-hybridized carbons (Fsp3) is 0.0769. The first-order valence-electron chi connectivity index (χ1n) is 24.6. The molecule has 0 saturated carbocycles. The maximum absolute atomic E-state index is 2.55. The summed E-state index contributed by atoms with van der Waals surface area (Å²) in [6.45, 7) is 11.7. The molecule has 5 heteroatoms. The Hall–Kier alpha value is -7.85. The maximum atomic E-state index is 2.55. The number of aromatic nitrogens is 2. The lowest BCUT2D eigenvalue weighted by Gasteiger charge is -2.35. The number of rotatable bonds is 5. The normalized spacial score (nSPS) is 12.6. The van der Waals surface area contributed by atoms with E-state index in [4.69, 9.17) is 0 Å². The Labute approximate surface area is 413 Å².